The van der Waals surface area contributed by atoms with E-state index in [1.54, 1.807) is 0 Å². The van der Waals surface area contributed by atoms with Crippen LogP contribution in [0.5, 0.6) is 0 Å². The average Bonchev–Trinajstić information content (AvgIpc) is 3.43. The standard InChI is InChI=1S/C29H19N3O/c1-18-14-17-25-29(30-18)32(20-9-3-2-4-10-20)28(31-25)24-13-7-12-22-23-16-15-19-8-5-6-11-21(19)26(23)33-27(22)24/h2-17H,1H3. The number of para-hydroxylation sites is 2. The van der Waals surface area contributed by atoms with Gasteiger partial charge in [0.15, 0.2) is 11.5 Å². The van der Waals surface area contributed by atoms with Crippen LogP contribution >= 0.6 is 0 Å². The van der Waals surface area contributed by atoms with Crippen LogP contribution in [-0.2, 0) is 0 Å². The van der Waals surface area contributed by atoms with E-state index in [1.807, 2.05) is 37.3 Å². The molecule has 0 aliphatic heterocycles. The van der Waals surface area contributed by atoms with Gasteiger partial charge in [-0.15, -0.1) is 0 Å². The summed E-state index contributed by atoms with van der Waals surface area (Å²) in [4.78, 5) is 9.86. The number of pyridine rings is 1. The van der Waals surface area contributed by atoms with Gasteiger partial charge in [0, 0.05) is 27.5 Å². The van der Waals surface area contributed by atoms with Gasteiger partial charge in [-0.2, -0.15) is 0 Å². The predicted octanol–water partition coefficient (Wildman–Crippen LogP) is 7.45. The van der Waals surface area contributed by atoms with E-state index in [1.165, 1.54) is 5.39 Å². The van der Waals surface area contributed by atoms with Gasteiger partial charge in [-0.3, -0.25) is 4.57 Å². The maximum Gasteiger partial charge on any atom is 0.165 e. The molecule has 0 amide bonds. The highest BCUT2D eigenvalue weighted by atomic mass is 16.3. The molecule has 0 N–H and O–H groups in total. The molecular weight excluding hydrogens is 406 g/mol. The van der Waals surface area contributed by atoms with Crippen molar-refractivity contribution in [3.05, 3.63) is 103 Å². The van der Waals surface area contributed by atoms with Gasteiger partial charge in [-0.05, 0) is 48.7 Å². The van der Waals surface area contributed by atoms with Crippen LogP contribution in [0.4, 0.5) is 0 Å². The Balaban J connectivity index is 1.61. The van der Waals surface area contributed by atoms with E-state index >= 15 is 0 Å². The van der Waals surface area contributed by atoms with Crippen LogP contribution < -0.4 is 0 Å². The number of fused-ring (bicyclic) bond motifs is 6. The van der Waals surface area contributed by atoms with E-state index in [2.05, 4.69) is 71.3 Å². The first-order valence-corrected chi connectivity index (χ1v) is 11.0. The zero-order valence-corrected chi connectivity index (χ0v) is 18.0. The number of benzene rings is 4. The second-order valence-corrected chi connectivity index (χ2v) is 8.35. The highest BCUT2D eigenvalue weighted by Gasteiger charge is 2.20. The van der Waals surface area contributed by atoms with E-state index < -0.39 is 0 Å². The summed E-state index contributed by atoms with van der Waals surface area (Å²) in [6, 6.07) is 33.2. The van der Waals surface area contributed by atoms with Crippen LogP contribution in [0.15, 0.2) is 101 Å². The van der Waals surface area contributed by atoms with Crippen molar-refractivity contribution < 1.29 is 4.42 Å². The molecule has 0 fully saturated rings. The lowest BCUT2D eigenvalue weighted by molar-refractivity contribution is 0.673. The van der Waals surface area contributed by atoms with Gasteiger partial charge in [0.1, 0.15) is 16.7 Å². The number of hydrogen-bond donors (Lipinski definition) is 0. The number of imidazole rings is 1. The maximum absolute atomic E-state index is 6.59. The molecule has 3 aromatic heterocycles. The van der Waals surface area contributed by atoms with Gasteiger partial charge >= 0.3 is 0 Å². The smallest absolute Gasteiger partial charge is 0.165 e. The number of aromatic nitrogens is 3. The molecule has 0 spiro atoms. The fraction of sp³-hybridized carbons (Fsp3) is 0.0345. The van der Waals surface area contributed by atoms with E-state index in [9.17, 15) is 0 Å². The molecule has 0 saturated heterocycles. The Morgan fingerprint density at radius 1 is 0.636 bits per heavy atom. The molecular formula is C29H19N3O. The molecule has 0 unspecified atom stereocenters. The molecule has 0 aliphatic carbocycles. The third-order valence-electron chi connectivity index (χ3n) is 6.29. The zero-order chi connectivity index (χ0) is 21.9. The zero-order valence-electron chi connectivity index (χ0n) is 18.0. The predicted molar refractivity (Wildman–Crippen MR) is 134 cm³/mol. The number of nitrogens with zero attached hydrogens (tertiary/aromatic N) is 3. The fourth-order valence-corrected chi connectivity index (χ4v) is 4.76. The van der Waals surface area contributed by atoms with Gasteiger partial charge in [-0.25, -0.2) is 9.97 Å². The highest BCUT2D eigenvalue weighted by Crippen LogP contribution is 2.39. The van der Waals surface area contributed by atoms with Crippen LogP contribution in [0.25, 0.3) is 61.0 Å². The van der Waals surface area contributed by atoms with Crippen molar-refractivity contribution in [2.45, 2.75) is 6.92 Å². The molecule has 4 nitrogen and oxygen atoms in total. The Morgan fingerprint density at radius 3 is 2.33 bits per heavy atom. The Bertz CT molecular complexity index is 1830. The van der Waals surface area contributed by atoms with Crippen molar-refractivity contribution in [3.8, 4) is 17.1 Å². The van der Waals surface area contributed by atoms with Crippen molar-refractivity contribution in [1.29, 1.82) is 0 Å². The summed E-state index contributed by atoms with van der Waals surface area (Å²) in [5.41, 5.74) is 6.38. The van der Waals surface area contributed by atoms with Crippen LogP contribution in [-0.4, -0.2) is 14.5 Å². The number of rotatable bonds is 2. The van der Waals surface area contributed by atoms with Gasteiger partial charge in [0.05, 0.1) is 5.56 Å². The van der Waals surface area contributed by atoms with E-state index in [4.69, 9.17) is 14.4 Å². The van der Waals surface area contributed by atoms with Gasteiger partial charge in [0.2, 0.25) is 0 Å². The maximum atomic E-state index is 6.59. The van der Waals surface area contributed by atoms with Crippen molar-refractivity contribution in [3.63, 3.8) is 0 Å². The second kappa shape index (κ2) is 6.78. The minimum Gasteiger partial charge on any atom is -0.455 e. The molecule has 0 atom stereocenters. The SMILES string of the molecule is Cc1ccc2nc(-c3cccc4c3oc3c5ccccc5ccc43)n(-c3ccccc3)c2n1. The monoisotopic (exact) mass is 425 g/mol. The number of furan rings is 1. The summed E-state index contributed by atoms with van der Waals surface area (Å²) in [5, 5.41) is 4.48. The van der Waals surface area contributed by atoms with Gasteiger partial charge in [-0.1, -0.05) is 60.7 Å². The molecule has 4 heteroatoms. The lowest BCUT2D eigenvalue weighted by Gasteiger charge is -2.09. The summed E-state index contributed by atoms with van der Waals surface area (Å²) < 4.78 is 8.72. The summed E-state index contributed by atoms with van der Waals surface area (Å²) in [6.45, 7) is 2.01. The molecule has 7 aromatic rings. The van der Waals surface area contributed by atoms with Crippen molar-refractivity contribution in [2.75, 3.05) is 0 Å². The Morgan fingerprint density at radius 2 is 1.42 bits per heavy atom. The quantitative estimate of drug-likeness (QED) is 0.289. The molecule has 0 saturated carbocycles. The molecule has 3 heterocycles. The summed E-state index contributed by atoms with van der Waals surface area (Å²) >= 11 is 0. The normalized spacial score (nSPS) is 11.8. The molecule has 7 rings (SSSR count). The Labute approximate surface area is 189 Å². The second-order valence-electron chi connectivity index (χ2n) is 8.35. The third kappa shape index (κ3) is 2.64. The first kappa shape index (κ1) is 18.2. The molecule has 156 valence electrons. The number of hydrogen-bond acceptors (Lipinski definition) is 3. The number of aryl methyl sites for hydroxylation is 1. The lowest BCUT2D eigenvalue weighted by atomic mass is 10.0. The highest BCUT2D eigenvalue weighted by molar-refractivity contribution is 6.17. The molecule has 33 heavy (non-hydrogen) atoms. The van der Waals surface area contributed by atoms with Crippen molar-refractivity contribution in [2.24, 2.45) is 0 Å². The average molecular weight is 425 g/mol. The van der Waals surface area contributed by atoms with Gasteiger partial charge in [0.25, 0.3) is 0 Å². The minimum absolute atomic E-state index is 0.822. The van der Waals surface area contributed by atoms with Crippen LogP contribution in [0.3, 0.4) is 0 Å². The largest absolute Gasteiger partial charge is 0.455 e. The first-order chi connectivity index (χ1) is 16.3. The minimum atomic E-state index is 0.822. The van der Waals surface area contributed by atoms with E-state index in [0.29, 0.717) is 0 Å². The van der Waals surface area contributed by atoms with Crippen molar-refractivity contribution in [1.82, 2.24) is 14.5 Å². The lowest BCUT2D eigenvalue weighted by Crippen LogP contribution is -1.99. The molecule has 0 bridgehead atoms. The van der Waals surface area contributed by atoms with E-state index in [0.717, 1.165) is 61.3 Å². The van der Waals surface area contributed by atoms with Gasteiger partial charge < -0.3 is 4.42 Å². The summed E-state index contributed by atoms with van der Waals surface area (Å²) in [6.07, 6.45) is 0. The molecule has 0 aliphatic rings. The van der Waals surface area contributed by atoms with E-state index in [-0.39, 0.29) is 0 Å². The molecule has 0 radical (unpaired) electrons. The van der Waals surface area contributed by atoms with Crippen LogP contribution in [0.1, 0.15) is 5.69 Å². The van der Waals surface area contributed by atoms with Crippen molar-refractivity contribution >= 4 is 43.9 Å². The van der Waals surface area contributed by atoms with Crippen LogP contribution in [0.2, 0.25) is 0 Å². The Kier molecular flexibility index (Phi) is 3.73. The van der Waals surface area contributed by atoms with Crippen LogP contribution in [0, 0.1) is 6.92 Å². The first-order valence-electron chi connectivity index (χ1n) is 11.0. The molecule has 4 aromatic carbocycles. The Hall–Kier alpha value is -4.44. The third-order valence-corrected chi connectivity index (χ3v) is 6.29. The fourth-order valence-electron chi connectivity index (χ4n) is 4.76. The topological polar surface area (TPSA) is 43.9 Å². The summed E-state index contributed by atoms with van der Waals surface area (Å²) in [5.74, 6) is 0.822. The summed E-state index contributed by atoms with van der Waals surface area (Å²) in [7, 11) is 0.